The first-order valence-electron chi connectivity index (χ1n) is 6.20. The largest absolute Gasteiger partial charge is 0.433 e. The number of aromatic nitrogens is 2. The fourth-order valence-corrected chi connectivity index (χ4v) is 1.43. The van der Waals surface area contributed by atoms with Crippen LogP contribution < -0.4 is 10.2 Å². The summed E-state index contributed by atoms with van der Waals surface area (Å²) in [6.07, 6.45) is -4.43. The van der Waals surface area contributed by atoms with E-state index in [0.29, 0.717) is 13.2 Å². The van der Waals surface area contributed by atoms with Gasteiger partial charge in [0.1, 0.15) is 5.82 Å². The van der Waals surface area contributed by atoms with Crippen LogP contribution in [0.25, 0.3) is 0 Å². The number of alkyl halides is 3. The van der Waals surface area contributed by atoms with E-state index in [1.807, 2.05) is 13.8 Å². The minimum atomic E-state index is -4.50. The Hall–Kier alpha value is -1.57. The second kappa shape index (κ2) is 6.74. The molecule has 0 fully saturated rings. The maximum atomic E-state index is 12.7. The standard InChI is InChI=1S/C12H19F3N4O/c1-8(2)20-6-5-19(4)10-7-9(12(13,14)15)17-11(16-3)18-10/h7-8H,5-6H2,1-4H3,(H,16,17,18). The second-order valence-electron chi connectivity index (χ2n) is 4.52. The lowest BCUT2D eigenvalue weighted by molar-refractivity contribution is -0.141. The van der Waals surface area contributed by atoms with E-state index in [2.05, 4.69) is 15.3 Å². The highest BCUT2D eigenvalue weighted by molar-refractivity contribution is 5.44. The average Bonchev–Trinajstić information content (AvgIpc) is 2.36. The topological polar surface area (TPSA) is 50.3 Å². The van der Waals surface area contributed by atoms with Gasteiger partial charge in [-0.3, -0.25) is 0 Å². The molecule has 0 saturated heterocycles. The summed E-state index contributed by atoms with van der Waals surface area (Å²) in [6.45, 7) is 4.64. The van der Waals surface area contributed by atoms with Crippen molar-refractivity contribution in [3.63, 3.8) is 0 Å². The van der Waals surface area contributed by atoms with Crippen molar-refractivity contribution >= 4 is 11.8 Å². The van der Waals surface area contributed by atoms with E-state index in [1.54, 1.807) is 11.9 Å². The summed E-state index contributed by atoms with van der Waals surface area (Å²) in [5, 5.41) is 2.53. The highest BCUT2D eigenvalue weighted by atomic mass is 19.4. The summed E-state index contributed by atoms with van der Waals surface area (Å²) < 4.78 is 43.6. The number of ether oxygens (including phenoxy) is 1. The molecule has 1 aromatic heterocycles. The van der Waals surface area contributed by atoms with Gasteiger partial charge in [-0.2, -0.15) is 18.2 Å². The Labute approximate surface area is 116 Å². The van der Waals surface area contributed by atoms with Crippen LogP contribution in [0.1, 0.15) is 19.5 Å². The third-order valence-corrected chi connectivity index (χ3v) is 2.50. The molecule has 0 aromatic carbocycles. The maximum absolute atomic E-state index is 12.7. The summed E-state index contributed by atoms with van der Waals surface area (Å²) >= 11 is 0. The lowest BCUT2D eigenvalue weighted by Gasteiger charge is -2.20. The first-order valence-corrected chi connectivity index (χ1v) is 6.20. The van der Waals surface area contributed by atoms with E-state index in [0.717, 1.165) is 6.07 Å². The van der Waals surface area contributed by atoms with E-state index in [1.165, 1.54) is 7.05 Å². The molecule has 20 heavy (non-hydrogen) atoms. The predicted molar refractivity (Wildman–Crippen MR) is 70.9 cm³/mol. The molecule has 0 aliphatic carbocycles. The summed E-state index contributed by atoms with van der Waals surface area (Å²) in [6, 6.07) is 0.927. The number of hydrogen-bond donors (Lipinski definition) is 1. The Morgan fingerprint density at radius 3 is 2.50 bits per heavy atom. The van der Waals surface area contributed by atoms with Gasteiger partial charge in [0.15, 0.2) is 5.69 Å². The molecule has 1 rings (SSSR count). The van der Waals surface area contributed by atoms with Crippen LogP contribution in [0.2, 0.25) is 0 Å². The molecule has 0 radical (unpaired) electrons. The van der Waals surface area contributed by atoms with Gasteiger partial charge in [0.25, 0.3) is 0 Å². The lowest BCUT2D eigenvalue weighted by atomic mass is 10.3. The van der Waals surface area contributed by atoms with Gasteiger partial charge in [-0.15, -0.1) is 0 Å². The second-order valence-corrected chi connectivity index (χ2v) is 4.52. The van der Waals surface area contributed by atoms with Crippen molar-refractivity contribution in [2.45, 2.75) is 26.1 Å². The molecular formula is C12H19F3N4O. The van der Waals surface area contributed by atoms with Gasteiger partial charge >= 0.3 is 6.18 Å². The van der Waals surface area contributed by atoms with Crippen LogP contribution in [-0.4, -0.2) is 43.3 Å². The number of anilines is 2. The lowest BCUT2D eigenvalue weighted by Crippen LogP contribution is -2.26. The Bertz CT molecular complexity index is 437. The molecule has 8 heteroatoms. The third-order valence-electron chi connectivity index (χ3n) is 2.50. The molecule has 1 aromatic rings. The first kappa shape index (κ1) is 16.5. The molecule has 0 bridgehead atoms. The van der Waals surface area contributed by atoms with E-state index in [4.69, 9.17) is 4.74 Å². The van der Waals surface area contributed by atoms with E-state index < -0.39 is 11.9 Å². The predicted octanol–water partition coefficient (Wildman–Crippen LogP) is 2.40. The minimum absolute atomic E-state index is 0.0635. The summed E-state index contributed by atoms with van der Waals surface area (Å²) in [7, 11) is 3.13. The monoisotopic (exact) mass is 292 g/mol. The van der Waals surface area contributed by atoms with Crippen LogP contribution in [0.4, 0.5) is 24.9 Å². The van der Waals surface area contributed by atoms with Crippen molar-refractivity contribution in [3.05, 3.63) is 11.8 Å². The molecule has 0 aliphatic rings. The number of rotatable bonds is 6. The van der Waals surface area contributed by atoms with Gasteiger partial charge in [-0.25, -0.2) is 4.98 Å². The Kier molecular flexibility index (Phi) is 5.55. The maximum Gasteiger partial charge on any atom is 0.433 e. The van der Waals surface area contributed by atoms with Gasteiger partial charge in [-0.1, -0.05) is 0 Å². The molecule has 0 aliphatic heterocycles. The summed E-state index contributed by atoms with van der Waals surface area (Å²) in [5.74, 6) is 0.135. The summed E-state index contributed by atoms with van der Waals surface area (Å²) in [4.78, 5) is 9.02. The first-order chi connectivity index (χ1) is 9.24. The van der Waals surface area contributed by atoms with Crippen molar-refractivity contribution < 1.29 is 17.9 Å². The number of halogens is 3. The van der Waals surface area contributed by atoms with Gasteiger partial charge < -0.3 is 15.0 Å². The molecule has 0 spiro atoms. The fourth-order valence-electron chi connectivity index (χ4n) is 1.43. The number of nitrogens with one attached hydrogen (secondary N) is 1. The molecule has 114 valence electrons. The third kappa shape index (κ3) is 4.84. The quantitative estimate of drug-likeness (QED) is 0.872. The van der Waals surface area contributed by atoms with Gasteiger partial charge in [0.2, 0.25) is 5.95 Å². The van der Waals surface area contributed by atoms with Crippen LogP contribution in [0.5, 0.6) is 0 Å². The molecule has 5 nitrogen and oxygen atoms in total. The minimum Gasteiger partial charge on any atom is -0.377 e. The highest BCUT2D eigenvalue weighted by Gasteiger charge is 2.34. The van der Waals surface area contributed by atoms with Crippen LogP contribution >= 0.6 is 0 Å². The Morgan fingerprint density at radius 2 is 2.00 bits per heavy atom. The van der Waals surface area contributed by atoms with Crippen molar-refractivity contribution in [1.82, 2.24) is 9.97 Å². The fraction of sp³-hybridized carbons (Fsp3) is 0.667. The zero-order chi connectivity index (χ0) is 15.3. The average molecular weight is 292 g/mol. The van der Waals surface area contributed by atoms with Crippen LogP contribution in [0.3, 0.4) is 0 Å². The van der Waals surface area contributed by atoms with E-state index in [-0.39, 0.29) is 17.9 Å². The SMILES string of the molecule is CNc1nc(N(C)CCOC(C)C)cc(C(F)(F)F)n1. The van der Waals surface area contributed by atoms with Crippen LogP contribution in [0, 0.1) is 0 Å². The van der Waals surface area contributed by atoms with Crippen LogP contribution in [0.15, 0.2) is 6.07 Å². The molecule has 0 saturated carbocycles. The number of hydrogen-bond acceptors (Lipinski definition) is 5. The molecule has 1 N–H and O–H groups in total. The molecule has 0 atom stereocenters. The molecule has 0 amide bonds. The Morgan fingerprint density at radius 1 is 1.35 bits per heavy atom. The van der Waals surface area contributed by atoms with Crippen molar-refractivity contribution in [2.75, 3.05) is 37.5 Å². The zero-order valence-electron chi connectivity index (χ0n) is 12.0. The summed E-state index contributed by atoms with van der Waals surface area (Å²) in [5.41, 5.74) is -0.969. The number of likely N-dealkylation sites (N-methyl/N-ethyl adjacent to an activating group) is 1. The van der Waals surface area contributed by atoms with E-state index >= 15 is 0 Å². The molecular weight excluding hydrogens is 273 g/mol. The number of nitrogens with zero attached hydrogens (tertiary/aromatic N) is 3. The van der Waals surface area contributed by atoms with Crippen molar-refractivity contribution in [3.8, 4) is 0 Å². The van der Waals surface area contributed by atoms with Crippen LogP contribution in [-0.2, 0) is 10.9 Å². The molecule has 1 heterocycles. The van der Waals surface area contributed by atoms with Crippen molar-refractivity contribution in [1.29, 1.82) is 0 Å². The molecule has 0 unspecified atom stereocenters. The highest BCUT2D eigenvalue weighted by Crippen LogP contribution is 2.30. The van der Waals surface area contributed by atoms with Gasteiger partial charge in [0, 0.05) is 26.7 Å². The smallest absolute Gasteiger partial charge is 0.377 e. The van der Waals surface area contributed by atoms with E-state index in [9.17, 15) is 13.2 Å². The normalized spacial score (nSPS) is 11.8. The van der Waals surface area contributed by atoms with Gasteiger partial charge in [-0.05, 0) is 13.8 Å². The van der Waals surface area contributed by atoms with Crippen molar-refractivity contribution in [2.24, 2.45) is 0 Å². The van der Waals surface area contributed by atoms with Gasteiger partial charge in [0.05, 0.1) is 12.7 Å². The Balaban J connectivity index is 2.88. The zero-order valence-corrected chi connectivity index (χ0v) is 12.0.